The molecule has 0 aliphatic rings. The summed E-state index contributed by atoms with van der Waals surface area (Å²) in [5.41, 5.74) is 1.13. The number of aliphatic hydroxyl groups excluding tert-OH is 1. The Morgan fingerprint density at radius 1 is 1.55 bits per heavy atom. The summed E-state index contributed by atoms with van der Waals surface area (Å²) in [6.45, 7) is 3.98. The molecule has 2 heterocycles. The molecule has 0 radical (unpaired) electrons. The number of hydrogen-bond acceptors (Lipinski definition) is 5. The molecule has 1 amide bonds. The first-order valence-corrected chi connectivity index (χ1v) is 7.03. The van der Waals surface area contributed by atoms with Crippen LogP contribution < -0.4 is 10.1 Å². The van der Waals surface area contributed by atoms with Gasteiger partial charge in [0.05, 0.1) is 13.2 Å². The highest BCUT2D eigenvalue weighted by molar-refractivity contribution is 5.96. The molecule has 2 rings (SSSR count). The number of aryl methyl sites for hydroxylation is 3. The third kappa shape index (κ3) is 3.48. The molecular formula is C15H21N3O4. The van der Waals surface area contributed by atoms with E-state index in [1.54, 1.807) is 13.2 Å². The Morgan fingerprint density at radius 3 is 2.86 bits per heavy atom. The number of carbonyl (C=O) groups excluding carboxylic acids is 1. The van der Waals surface area contributed by atoms with Gasteiger partial charge in [0.15, 0.2) is 0 Å². The highest BCUT2D eigenvalue weighted by Crippen LogP contribution is 2.23. The first kappa shape index (κ1) is 16.1. The Labute approximate surface area is 128 Å². The van der Waals surface area contributed by atoms with Crippen molar-refractivity contribution in [3.63, 3.8) is 0 Å². The molecule has 0 fully saturated rings. The lowest BCUT2D eigenvalue weighted by Crippen LogP contribution is -2.25. The van der Waals surface area contributed by atoms with Crippen LogP contribution in [0.5, 0.6) is 5.88 Å². The summed E-state index contributed by atoms with van der Waals surface area (Å²) in [5, 5.41) is 16.9. The van der Waals surface area contributed by atoms with E-state index in [2.05, 4.69) is 10.4 Å². The Balaban J connectivity index is 1.90. The van der Waals surface area contributed by atoms with Gasteiger partial charge in [-0.05, 0) is 26.3 Å². The van der Waals surface area contributed by atoms with Crippen molar-refractivity contribution in [1.82, 2.24) is 15.1 Å². The zero-order valence-corrected chi connectivity index (χ0v) is 13.2. The van der Waals surface area contributed by atoms with Crippen molar-refractivity contribution in [1.29, 1.82) is 0 Å². The summed E-state index contributed by atoms with van der Waals surface area (Å²) in [4.78, 5) is 12.1. The molecular weight excluding hydrogens is 286 g/mol. The molecule has 120 valence electrons. The topological polar surface area (TPSA) is 89.5 Å². The summed E-state index contributed by atoms with van der Waals surface area (Å²) in [5.74, 6) is 1.46. The number of nitrogens with zero attached hydrogens (tertiary/aromatic N) is 2. The number of carbonyl (C=O) groups is 1. The normalized spacial score (nSPS) is 12.2. The zero-order valence-electron chi connectivity index (χ0n) is 13.2. The van der Waals surface area contributed by atoms with E-state index in [0.717, 1.165) is 11.3 Å². The van der Waals surface area contributed by atoms with Gasteiger partial charge in [-0.25, -0.2) is 0 Å². The first-order chi connectivity index (χ1) is 10.4. The minimum absolute atomic E-state index is 0.279. The van der Waals surface area contributed by atoms with Crippen LogP contribution in [0.1, 0.15) is 40.0 Å². The summed E-state index contributed by atoms with van der Waals surface area (Å²) in [7, 11) is 3.18. The minimum Gasteiger partial charge on any atom is -0.479 e. The van der Waals surface area contributed by atoms with Crippen LogP contribution in [-0.4, -0.2) is 34.4 Å². The molecule has 0 bridgehead atoms. The third-order valence-corrected chi connectivity index (χ3v) is 3.37. The van der Waals surface area contributed by atoms with Gasteiger partial charge < -0.3 is 19.6 Å². The smallest absolute Gasteiger partial charge is 0.258 e. The number of nitrogens with one attached hydrogen (secondary N) is 1. The molecule has 0 aliphatic heterocycles. The summed E-state index contributed by atoms with van der Waals surface area (Å²) in [6.07, 6.45) is 1.32. The maximum atomic E-state index is 12.1. The SMILES string of the molecule is COc1nn(C)cc1C(=O)NCC[C@H](O)c1cc(C)oc1C. The number of furan rings is 1. The maximum absolute atomic E-state index is 12.1. The number of methoxy groups -OCH3 is 1. The quantitative estimate of drug-likeness (QED) is 0.844. The Kier molecular flexibility index (Phi) is 4.87. The minimum atomic E-state index is -0.673. The number of amides is 1. The van der Waals surface area contributed by atoms with Gasteiger partial charge in [-0.1, -0.05) is 0 Å². The molecule has 22 heavy (non-hydrogen) atoms. The van der Waals surface area contributed by atoms with Crippen molar-refractivity contribution in [3.8, 4) is 5.88 Å². The Morgan fingerprint density at radius 2 is 2.27 bits per heavy atom. The van der Waals surface area contributed by atoms with Gasteiger partial charge in [-0.3, -0.25) is 9.48 Å². The summed E-state index contributed by atoms with van der Waals surface area (Å²) < 4.78 is 12.0. The van der Waals surface area contributed by atoms with E-state index in [4.69, 9.17) is 9.15 Å². The fourth-order valence-electron chi connectivity index (χ4n) is 2.33. The van der Waals surface area contributed by atoms with E-state index in [9.17, 15) is 9.90 Å². The molecule has 2 N–H and O–H groups in total. The average molecular weight is 307 g/mol. The number of hydrogen-bond donors (Lipinski definition) is 2. The fourth-order valence-corrected chi connectivity index (χ4v) is 2.33. The van der Waals surface area contributed by atoms with Gasteiger partial charge in [0.2, 0.25) is 5.88 Å². The van der Waals surface area contributed by atoms with Crippen LogP contribution in [0.3, 0.4) is 0 Å². The second-order valence-corrected chi connectivity index (χ2v) is 5.15. The average Bonchev–Trinajstić information content (AvgIpc) is 3.00. The number of aromatic nitrogens is 2. The second kappa shape index (κ2) is 6.65. The van der Waals surface area contributed by atoms with Crippen molar-refractivity contribution in [2.75, 3.05) is 13.7 Å². The van der Waals surface area contributed by atoms with E-state index < -0.39 is 6.10 Å². The van der Waals surface area contributed by atoms with Gasteiger partial charge in [-0.15, -0.1) is 5.10 Å². The van der Waals surface area contributed by atoms with E-state index >= 15 is 0 Å². The van der Waals surface area contributed by atoms with E-state index in [1.165, 1.54) is 11.8 Å². The standard InChI is InChI=1S/C15H21N3O4/c1-9-7-11(10(2)22-9)13(19)5-6-16-14(20)12-8-18(3)17-15(12)21-4/h7-8,13,19H,5-6H2,1-4H3,(H,16,20)/t13-/m0/s1. The van der Waals surface area contributed by atoms with Gasteiger partial charge in [-0.2, -0.15) is 0 Å². The van der Waals surface area contributed by atoms with E-state index in [-0.39, 0.29) is 11.8 Å². The maximum Gasteiger partial charge on any atom is 0.258 e. The van der Waals surface area contributed by atoms with Crippen molar-refractivity contribution in [2.24, 2.45) is 7.05 Å². The first-order valence-electron chi connectivity index (χ1n) is 7.03. The number of aliphatic hydroxyl groups is 1. The van der Waals surface area contributed by atoms with Crippen LogP contribution in [0.2, 0.25) is 0 Å². The predicted octanol–water partition coefficient (Wildman–Crippen LogP) is 1.49. The van der Waals surface area contributed by atoms with Gasteiger partial charge >= 0.3 is 0 Å². The van der Waals surface area contributed by atoms with Crippen LogP contribution in [0.25, 0.3) is 0 Å². The predicted molar refractivity (Wildman–Crippen MR) is 79.9 cm³/mol. The molecule has 0 unspecified atom stereocenters. The van der Waals surface area contributed by atoms with Crippen molar-refractivity contribution >= 4 is 5.91 Å². The molecule has 0 saturated heterocycles. The lowest BCUT2D eigenvalue weighted by molar-refractivity contribution is 0.0939. The molecule has 2 aromatic rings. The van der Waals surface area contributed by atoms with Crippen molar-refractivity contribution < 1.29 is 19.1 Å². The molecule has 0 aromatic carbocycles. The lowest BCUT2D eigenvalue weighted by atomic mass is 10.1. The second-order valence-electron chi connectivity index (χ2n) is 5.15. The van der Waals surface area contributed by atoms with Crippen molar-refractivity contribution in [2.45, 2.75) is 26.4 Å². The van der Waals surface area contributed by atoms with E-state index in [1.807, 2.05) is 19.9 Å². The van der Waals surface area contributed by atoms with Crippen LogP contribution in [0.4, 0.5) is 0 Å². The number of rotatable bonds is 6. The highest BCUT2D eigenvalue weighted by atomic mass is 16.5. The van der Waals surface area contributed by atoms with Crippen LogP contribution in [0.15, 0.2) is 16.7 Å². The third-order valence-electron chi connectivity index (χ3n) is 3.37. The summed E-state index contributed by atoms with van der Waals surface area (Å²) in [6, 6.07) is 1.81. The Bertz CT molecular complexity index is 660. The molecule has 7 nitrogen and oxygen atoms in total. The van der Waals surface area contributed by atoms with Gasteiger partial charge in [0.25, 0.3) is 5.91 Å². The number of ether oxygens (including phenoxy) is 1. The summed E-state index contributed by atoms with van der Waals surface area (Å²) >= 11 is 0. The molecule has 0 spiro atoms. The molecule has 7 heteroatoms. The van der Waals surface area contributed by atoms with Crippen LogP contribution >= 0.6 is 0 Å². The fraction of sp³-hybridized carbons (Fsp3) is 0.467. The highest BCUT2D eigenvalue weighted by Gasteiger charge is 2.18. The molecule has 1 atom stereocenters. The van der Waals surface area contributed by atoms with Crippen LogP contribution in [0, 0.1) is 13.8 Å². The van der Waals surface area contributed by atoms with Crippen LogP contribution in [-0.2, 0) is 7.05 Å². The molecule has 0 aliphatic carbocycles. The lowest BCUT2D eigenvalue weighted by Gasteiger charge is -2.10. The van der Waals surface area contributed by atoms with Gasteiger partial charge in [0.1, 0.15) is 17.1 Å². The van der Waals surface area contributed by atoms with E-state index in [0.29, 0.717) is 24.3 Å². The Hall–Kier alpha value is -2.28. The molecule has 2 aromatic heterocycles. The van der Waals surface area contributed by atoms with Crippen molar-refractivity contribution in [3.05, 3.63) is 34.9 Å². The zero-order chi connectivity index (χ0) is 16.3. The molecule has 0 saturated carbocycles. The largest absolute Gasteiger partial charge is 0.479 e. The van der Waals surface area contributed by atoms with Gasteiger partial charge in [0, 0.05) is 25.4 Å². The monoisotopic (exact) mass is 307 g/mol.